The average molecular weight is 364 g/mol. The van der Waals surface area contributed by atoms with Gasteiger partial charge < -0.3 is 20.3 Å². The Morgan fingerprint density at radius 1 is 1.40 bits per heavy atom. The fourth-order valence-corrected chi connectivity index (χ4v) is 3.22. The van der Waals surface area contributed by atoms with Crippen LogP contribution in [0.3, 0.4) is 0 Å². The lowest BCUT2D eigenvalue weighted by atomic mass is 10.0. The number of aromatic nitrogens is 1. The Hall–Kier alpha value is -2.38. The minimum absolute atomic E-state index is 0.0758. The Balaban J connectivity index is 2.01. The van der Waals surface area contributed by atoms with E-state index < -0.39 is 24.0 Å². The van der Waals surface area contributed by atoms with Gasteiger partial charge in [-0.05, 0) is 31.9 Å². The van der Waals surface area contributed by atoms with E-state index in [1.54, 1.807) is 24.3 Å². The van der Waals surface area contributed by atoms with Gasteiger partial charge in [-0.2, -0.15) is 0 Å². The molecule has 2 atom stereocenters. The van der Waals surface area contributed by atoms with Crippen molar-refractivity contribution in [1.29, 1.82) is 0 Å². The van der Waals surface area contributed by atoms with E-state index in [1.807, 2.05) is 0 Å². The van der Waals surface area contributed by atoms with Crippen LogP contribution in [0.25, 0.3) is 11.3 Å². The van der Waals surface area contributed by atoms with Gasteiger partial charge in [-0.15, -0.1) is 0 Å². The number of likely N-dealkylation sites (tertiary alicyclic amines) is 1. The van der Waals surface area contributed by atoms with Crippen molar-refractivity contribution in [3.8, 4) is 11.3 Å². The molecule has 2 aromatic rings. The lowest BCUT2D eigenvalue weighted by Crippen LogP contribution is -2.43. The van der Waals surface area contributed by atoms with Crippen LogP contribution in [0.5, 0.6) is 0 Å². The number of hydrogen-bond acceptors (Lipinski definition) is 5. The molecule has 132 valence electrons. The van der Waals surface area contributed by atoms with E-state index in [0.29, 0.717) is 35.7 Å². The maximum absolute atomic E-state index is 12.8. The highest BCUT2D eigenvalue weighted by atomic mass is 35.5. The molecule has 3 rings (SSSR count). The van der Waals surface area contributed by atoms with Gasteiger partial charge in [-0.25, -0.2) is 0 Å². The van der Waals surface area contributed by atoms with Crippen molar-refractivity contribution in [1.82, 2.24) is 10.1 Å². The molecule has 0 aliphatic carbocycles. The number of amides is 2. The van der Waals surface area contributed by atoms with Gasteiger partial charge in [0.05, 0.1) is 11.7 Å². The molecular formula is C17H18ClN3O4. The van der Waals surface area contributed by atoms with Gasteiger partial charge in [0.15, 0.2) is 0 Å². The fourth-order valence-electron chi connectivity index (χ4n) is 3.09. The van der Waals surface area contributed by atoms with E-state index in [0.717, 1.165) is 0 Å². The van der Waals surface area contributed by atoms with Crippen molar-refractivity contribution in [3.05, 3.63) is 40.6 Å². The van der Waals surface area contributed by atoms with Gasteiger partial charge in [0.2, 0.25) is 11.7 Å². The Morgan fingerprint density at radius 2 is 2.08 bits per heavy atom. The summed E-state index contributed by atoms with van der Waals surface area (Å²) in [6.07, 6.45) is 0.218. The lowest BCUT2D eigenvalue weighted by Gasteiger charge is -2.21. The first-order valence-electron chi connectivity index (χ1n) is 7.94. The quantitative estimate of drug-likeness (QED) is 0.864. The van der Waals surface area contributed by atoms with Crippen LogP contribution < -0.4 is 5.73 Å². The zero-order chi connectivity index (χ0) is 18.1. The standard InChI is InChI=1S/C17H18ClN3O4/c1-9(22)13-14(10-4-6-11(18)7-5-10)20-25-15(13)17(24)21-8-2-3-12(21)16(19)23/h4-7,9,12,22H,2-3,8H2,1H3,(H2,19,23)/t9-,12-/m0/s1. The van der Waals surface area contributed by atoms with Crippen molar-refractivity contribution in [3.63, 3.8) is 0 Å². The van der Waals surface area contributed by atoms with Crippen LogP contribution >= 0.6 is 11.6 Å². The van der Waals surface area contributed by atoms with Crippen LogP contribution in [0.1, 0.15) is 42.0 Å². The van der Waals surface area contributed by atoms with Crippen LogP contribution in [-0.2, 0) is 4.79 Å². The SMILES string of the molecule is C[C@H](O)c1c(-c2ccc(Cl)cc2)noc1C(=O)N1CCC[C@H]1C(N)=O. The third-order valence-electron chi connectivity index (χ3n) is 4.30. The number of benzene rings is 1. The first kappa shape index (κ1) is 17.4. The molecule has 0 radical (unpaired) electrons. The third kappa shape index (κ3) is 3.25. The highest BCUT2D eigenvalue weighted by molar-refractivity contribution is 6.30. The Labute approximate surface area is 149 Å². The van der Waals surface area contributed by atoms with Gasteiger partial charge in [0, 0.05) is 17.1 Å². The molecule has 0 saturated carbocycles. The summed E-state index contributed by atoms with van der Waals surface area (Å²) >= 11 is 5.89. The molecule has 1 fully saturated rings. The van der Waals surface area contributed by atoms with Crippen molar-refractivity contribution in [2.24, 2.45) is 5.73 Å². The van der Waals surface area contributed by atoms with Crippen LogP contribution in [0, 0.1) is 0 Å². The predicted molar refractivity (Wildman–Crippen MR) is 90.8 cm³/mol. The van der Waals surface area contributed by atoms with Gasteiger partial charge in [0.25, 0.3) is 5.91 Å². The zero-order valence-corrected chi connectivity index (χ0v) is 14.4. The van der Waals surface area contributed by atoms with Crippen molar-refractivity contribution in [2.45, 2.75) is 31.9 Å². The van der Waals surface area contributed by atoms with E-state index >= 15 is 0 Å². The molecule has 0 spiro atoms. The Kier molecular flexibility index (Phi) is 4.78. The Bertz CT molecular complexity index is 801. The molecule has 8 heteroatoms. The summed E-state index contributed by atoms with van der Waals surface area (Å²) in [5.74, 6) is -1.13. The van der Waals surface area contributed by atoms with Gasteiger partial charge in [-0.1, -0.05) is 28.9 Å². The fraction of sp³-hybridized carbons (Fsp3) is 0.353. The number of halogens is 1. The highest BCUT2D eigenvalue weighted by Gasteiger charge is 2.37. The number of primary amides is 1. The monoisotopic (exact) mass is 363 g/mol. The van der Waals surface area contributed by atoms with E-state index in [4.69, 9.17) is 21.9 Å². The minimum atomic E-state index is -0.981. The molecule has 1 aliphatic heterocycles. The highest BCUT2D eigenvalue weighted by Crippen LogP contribution is 2.33. The van der Waals surface area contributed by atoms with Crippen molar-refractivity contribution >= 4 is 23.4 Å². The average Bonchev–Trinajstić information content (AvgIpc) is 3.22. The largest absolute Gasteiger partial charge is 0.388 e. The lowest BCUT2D eigenvalue weighted by molar-refractivity contribution is -0.121. The number of aliphatic hydroxyl groups excluding tert-OH is 1. The van der Waals surface area contributed by atoms with Crippen LogP contribution in [0.15, 0.2) is 28.8 Å². The van der Waals surface area contributed by atoms with E-state index in [-0.39, 0.29) is 11.3 Å². The first-order chi connectivity index (χ1) is 11.9. The maximum Gasteiger partial charge on any atom is 0.293 e. The first-order valence-corrected chi connectivity index (χ1v) is 8.31. The van der Waals surface area contributed by atoms with E-state index in [2.05, 4.69) is 5.16 Å². The molecule has 1 aliphatic rings. The maximum atomic E-state index is 12.8. The molecule has 0 bridgehead atoms. The van der Waals surface area contributed by atoms with Crippen molar-refractivity contribution < 1.29 is 19.2 Å². The normalized spacial score (nSPS) is 18.4. The molecule has 7 nitrogen and oxygen atoms in total. The number of carbonyl (C=O) groups is 2. The van der Waals surface area contributed by atoms with Crippen LogP contribution in [-0.4, -0.2) is 39.6 Å². The molecular weight excluding hydrogens is 346 g/mol. The summed E-state index contributed by atoms with van der Waals surface area (Å²) in [5, 5.41) is 14.7. The third-order valence-corrected chi connectivity index (χ3v) is 4.55. The number of rotatable bonds is 4. The number of nitrogens with two attached hydrogens (primary N) is 1. The van der Waals surface area contributed by atoms with Gasteiger partial charge in [-0.3, -0.25) is 9.59 Å². The zero-order valence-electron chi connectivity index (χ0n) is 13.6. The molecule has 1 aromatic heterocycles. The number of hydrogen-bond donors (Lipinski definition) is 2. The number of nitrogens with zero attached hydrogens (tertiary/aromatic N) is 2. The van der Waals surface area contributed by atoms with Crippen molar-refractivity contribution in [2.75, 3.05) is 6.54 Å². The summed E-state index contributed by atoms with van der Waals surface area (Å²) in [5.41, 5.74) is 6.68. The smallest absolute Gasteiger partial charge is 0.293 e. The van der Waals surface area contributed by atoms with E-state index in [1.165, 1.54) is 11.8 Å². The molecule has 25 heavy (non-hydrogen) atoms. The summed E-state index contributed by atoms with van der Waals surface area (Å²) in [7, 11) is 0. The molecule has 1 saturated heterocycles. The number of aliphatic hydroxyl groups is 1. The Morgan fingerprint density at radius 3 is 2.68 bits per heavy atom. The molecule has 3 N–H and O–H groups in total. The summed E-state index contributed by atoms with van der Waals surface area (Å²) in [6.45, 7) is 1.93. The molecule has 1 aromatic carbocycles. The summed E-state index contributed by atoms with van der Waals surface area (Å²) in [6, 6.07) is 6.15. The minimum Gasteiger partial charge on any atom is -0.388 e. The topological polar surface area (TPSA) is 110 Å². The second-order valence-corrected chi connectivity index (χ2v) is 6.45. The predicted octanol–water partition coefficient (Wildman–Crippen LogP) is 2.14. The van der Waals surface area contributed by atoms with Gasteiger partial charge >= 0.3 is 0 Å². The van der Waals surface area contributed by atoms with Crippen LogP contribution in [0.2, 0.25) is 5.02 Å². The van der Waals surface area contributed by atoms with Crippen LogP contribution in [0.4, 0.5) is 0 Å². The number of carbonyl (C=O) groups excluding carboxylic acids is 2. The second-order valence-electron chi connectivity index (χ2n) is 6.02. The summed E-state index contributed by atoms with van der Waals surface area (Å²) < 4.78 is 5.26. The van der Waals surface area contributed by atoms with E-state index in [9.17, 15) is 14.7 Å². The molecule has 0 unspecified atom stereocenters. The van der Waals surface area contributed by atoms with Gasteiger partial charge in [0.1, 0.15) is 11.7 Å². The molecule has 2 amide bonds. The summed E-state index contributed by atoms with van der Waals surface area (Å²) in [4.78, 5) is 25.8. The molecule has 2 heterocycles. The second kappa shape index (κ2) is 6.85.